The first-order valence-corrected chi connectivity index (χ1v) is 21.2. The number of aromatic nitrogens is 3. The Balaban J connectivity index is 0.998. The van der Waals surface area contributed by atoms with Crippen molar-refractivity contribution in [3.05, 3.63) is 209 Å². The van der Waals surface area contributed by atoms with Crippen LogP contribution in [0.4, 0.5) is 0 Å². The lowest BCUT2D eigenvalue weighted by Crippen LogP contribution is -2.08. The third-order valence-corrected chi connectivity index (χ3v) is 13.1. The summed E-state index contributed by atoms with van der Waals surface area (Å²) in [5.41, 5.74) is 17.5. The maximum Gasteiger partial charge on any atom is 0.164 e. The molecule has 4 aliphatic carbocycles. The van der Waals surface area contributed by atoms with Crippen LogP contribution in [0.15, 0.2) is 187 Å². The topological polar surface area (TPSA) is 38.7 Å². The zero-order chi connectivity index (χ0) is 39.7. The van der Waals surface area contributed by atoms with Crippen LogP contribution in [0, 0.1) is 11.8 Å². The van der Waals surface area contributed by atoms with Gasteiger partial charge in [0, 0.05) is 22.6 Å². The predicted molar refractivity (Wildman–Crippen MR) is 249 cm³/mol. The molecular weight excluding hydrogens is 727 g/mol. The van der Waals surface area contributed by atoms with E-state index in [9.17, 15) is 0 Å². The van der Waals surface area contributed by atoms with Gasteiger partial charge < -0.3 is 0 Å². The fourth-order valence-corrected chi connectivity index (χ4v) is 10.0. The van der Waals surface area contributed by atoms with Gasteiger partial charge in [-0.15, -0.1) is 0 Å². The van der Waals surface area contributed by atoms with Crippen LogP contribution in [-0.2, 0) is 12.8 Å². The minimum absolute atomic E-state index is 0.391. The molecule has 0 bridgehead atoms. The van der Waals surface area contributed by atoms with E-state index in [4.69, 9.17) is 15.0 Å². The van der Waals surface area contributed by atoms with Crippen molar-refractivity contribution in [2.75, 3.05) is 0 Å². The highest BCUT2D eigenvalue weighted by atomic mass is 15.0. The summed E-state index contributed by atoms with van der Waals surface area (Å²) >= 11 is 0. The number of benzene rings is 7. The molecule has 0 aliphatic heterocycles. The third-order valence-electron chi connectivity index (χ3n) is 13.1. The second-order valence-electron chi connectivity index (χ2n) is 16.8. The van der Waals surface area contributed by atoms with E-state index >= 15 is 0 Å². The van der Waals surface area contributed by atoms with Gasteiger partial charge in [-0.25, -0.2) is 15.0 Å². The van der Waals surface area contributed by atoms with Crippen LogP contribution in [0.25, 0.3) is 89.6 Å². The minimum atomic E-state index is 0.391. The lowest BCUT2D eigenvalue weighted by atomic mass is 9.81. The van der Waals surface area contributed by atoms with Crippen LogP contribution >= 0.6 is 0 Å². The molecule has 4 aliphatic rings. The number of hydrogen-bond acceptors (Lipinski definition) is 3. The Morgan fingerprint density at radius 3 is 1.87 bits per heavy atom. The molecule has 1 aromatic heterocycles. The summed E-state index contributed by atoms with van der Waals surface area (Å²) in [5.74, 6) is 3.00. The first-order chi connectivity index (χ1) is 29.6. The molecule has 0 saturated heterocycles. The zero-order valence-electron chi connectivity index (χ0n) is 33.4. The Bertz CT molecular complexity index is 3160. The molecule has 7 aromatic carbocycles. The molecule has 0 saturated carbocycles. The standard InChI is InChI=1S/C57H41N3/c1-35-20-26-47-48-27-25-42(31-51(48)46-19-11-10-18-45(46)50(47)28-35)36-21-23-37(24-22-36)43-32-52-49-30-41-17-9-8-16-40(41)29-44(49)34-53(52)54(33-43)57-59-55(38-12-4-2-5-13-38)58-56(60-57)39-14-6-3-7-15-39/h2-27,29,31-33,35,41H,28,30,34H2,1H3. The maximum absolute atomic E-state index is 5.25. The fraction of sp³-hybridized carbons (Fsp3) is 0.105. The molecule has 12 rings (SSSR count). The third kappa shape index (κ3) is 5.84. The van der Waals surface area contributed by atoms with E-state index in [1.54, 1.807) is 0 Å². The van der Waals surface area contributed by atoms with Crippen molar-refractivity contribution in [3.8, 4) is 56.4 Å². The van der Waals surface area contributed by atoms with Crippen molar-refractivity contribution >= 4 is 33.2 Å². The Morgan fingerprint density at radius 2 is 1.12 bits per heavy atom. The average molecular weight is 768 g/mol. The molecule has 3 nitrogen and oxygen atoms in total. The van der Waals surface area contributed by atoms with Gasteiger partial charge >= 0.3 is 0 Å². The van der Waals surface area contributed by atoms with E-state index in [1.807, 2.05) is 36.4 Å². The average Bonchev–Trinajstić information content (AvgIpc) is 3.68. The highest BCUT2D eigenvalue weighted by Gasteiger charge is 2.31. The van der Waals surface area contributed by atoms with Crippen molar-refractivity contribution in [2.45, 2.75) is 26.2 Å². The Morgan fingerprint density at radius 1 is 0.467 bits per heavy atom. The van der Waals surface area contributed by atoms with E-state index in [2.05, 4.69) is 153 Å². The molecule has 2 unspecified atom stereocenters. The van der Waals surface area contributed by atoms with Gasteiger partial charge in [0.1, 0.15) is 0 Å². The number of rotatable bonds is 5. The van der Waals surface area contributed by atoms with Gasteiger partial charge in [-0.2, -0.15) is 0 Å². The van der Waals surface area contributed by atoms with E-state index in [-0.39, 0.29) is 0 Å². The number of allylic oxidation sites excluding steroid dienone is 9. The van der Waals surface area contributed by atoms with Crippen LogP contribution in [0.2, 0.25) is 0 Å². The largest absolute Gasteiger partial charge is 0.208 e. The molecule has 0 N–H and O–H groups in total. The Hall–Kier alpha value is -7.23. The van der Waals surface area contributed by atoms with Crippen LogP contribution in [0.1, 0.15) is 35.6 Å². The van der Waals surface area contributed by atoms with E-state index in [1.165, 1.54) is 77.2 Å². The van der Waals surface area contributed by atoms with Crippen LogP contribution in [0.3, 0.4) is 0 Å². The lowest BCUT2D eigenvalue weighted by molar-refractivity contribution is 0.722. The van der Waals surface area contributed by atoms with E-state index < -0.39 is 0 Å². The lowest BCUT2D eigenvalue weighted by Gasteiger charge is -2.23. The first kappa shape index (κ1) is 34.8. The monoisotopic (exact) mass is 767 g/mol. The Labute approximate surface area is 350 Å². The molecule has 284 valence electrons. The summed E-state index contributed by atoms with van der Waals surface area (Å²) in [7, 11) is 0. The summed E-state index contributed by atoms with van der Waals surface area (Å²) < 4.78 is 0. The molecular formula is C57H41N3. The number of nitrogens with zero attached hydrogens (tertiary/aromatic N) is 3. The maximum atomic E-state index is 5.25. The van der Waals surface area contributed by atoms with Crippen LogP contribution < -0.4 is 0 Å². The molecule has 3 heteroatoms. The van der Waals surface area contributed by atoms with Crippen LogP contribution in [0.5, 0.6) is 0 Å². The normalized spacial score (nSPS) is 17.4. The molecule has 0 fully saturated rings. The summed E-state index contributed by atoms with van der Waals surface area (Å²) in [6.45, 7) is 2.31. The van der Waals surface area contributed by atoms with Crippen molar-refractivity contribution in [1.29, 1.82) is 0 Å². The highest BCUT2D eigenvalue weighted by molar-refractivity contribution is 6.14. The smallest absolute Gasteiger partial charge is 0.164 e. The van der Waals surface area contributed by atoms with Crippen molar-refractivity contribution in [1.82, 2.24) is 15.0 Å². The van der Waals surface area contributed by atoms with Gasteiger partial charge in [0.25, 0.3) is 0 Å². The second kappa shape index (κ2) is 14.0. The summed E-state index contributed by atoms with van der Waals surface area (Å²) in [5, 5.41) is 5.35. The van der Waals surface area contributed by atoms with Crippen molar-refractivity contribution in [3.63, 3.8) is 0 Å². The second-order valence-corrected chi connectivity index (χ2v) is 16.8. The molecule has 0 radical (unpaired) electrons. The minimum Gasteiger partial charge on any atom is -0.208 e. The van der Waals surface area contributed by atoms with Crippen molar-refractivity contribution in [2.24, 2.45) is 11.8 Å². The van der Waals surface area contributed by atoms with Gasteiger partial charge in [-0.3, -0.25) is 0 Å². The van der Waals surface area contributed by atoms with E-state index in [0.29, 0.717) is 29.3 Å². The van der Waals surface area contributed by atoms with Gasteiger partial charge in [0.05, 0.1) is 0 Å². The quantitative estimate of drug-likeness (QED) is 0.164. The van der Waals surface area contributed by atoms with Crippen molar-refractivity contribution < 1.29 is 0 Å². The fourth-order valence-electron chi connectivity index (χ4n) is 10.0. The summed E-state index contributed by atoms with van der Waals surface area (Å²) in [4.78, 5) is 15.5. The molecule has 8 aromatic rings. The van der Waals surface area contributed by atoms with Gasteiger partial charge in [0.15, 0.2) is 17.5 Å². The van der Waals surface area contributed by atoms with Gasteiger partial charge in [0.2, 0.25) is 0 Å². The summed E-state index contributed by atoms with van der Waals surface area (Å²) in [6.07, 6.45) is 19.1. The number of fused-ring (bicyclic) bond motifs is 9. The van der Waals surface area contributed by atoms with Crippen LogP contribution in [-0.4, -0.2) is 15.0 Å². The van der Waals surface area contributed by atoms with E-state index in [0.717, 1.165) is 41.5 Å². The number of hydrogen-bond donors (Lipinski definition) is 0. The predicted octanol–water partition coefficient (Wildman–Crippen LogP) is 14.1. The Kier molecular flexibility index (Phi) is 8.09. The molecule has 1 heterocycles. The molecule has 0 spiro atoms. The van der Waals surface area contributed by atoms with Gasteiger partial charge in [-0.1, -0.05) is 171 Å². The molecule has 60 heavy (non-hydrogen) atoms. The molecule has 0 amide bonds. The van der Waals surface area contributed by atoms with Gasteiger partial charge in [-0.05, 0) is 126 Å². The SMILES string of the molecule is CC1C=Cc2c(c3ccccc3c3cc(-c4ccc(-c5cc6c(c(-c7nc(-c8ccccc8)nc(-c8ccccc8)n7)c5)CC5=C6CC6C=CC=CC6=C5)cc4)ccc23)C1. The zero-order valence-corrected chi connectivity index (χ0v) is 33.4. The molecule has 2 atom stereocenters. The highest BCUT2D eigenvalue weighted by Crippen LogP contribution is 2.48. The summed E-state index contributed by atoms with van der Waals surface area (Å²) in [6, 6.07) is 50.4. The first-order valence-electron chi connectivity index (χ1n) is 21.2.